The molecular weight excluding hydrogens is 873 g/mol. The molecule has 3 heterocycles. The number of pyridine rings is 1. The van der Waals surface area contributed by atoms with Crippen LogP contribution in [0.15, 0.2) is 182 Å². The first kappa shape index (κ1) is 44.4. The van der Waals surface area contributed by atoms with E-state index < -0.39 is 0 Å². The van der Waals surface area contributed by atoms with Crippen LogP contribution < -0.4 is 0 Å². The lowest BCUT2D eigenvalue weighted by Crippen LogP contribution is -2.05. The minimum atomic E-state index is 0.608. The average Bonchev–Trinajstić information content (AvgIpc) is 3.86. The highest BCUT2D eigenvalue weighted by atomic mass is 15.0. The van der Waals surface area contributed by atoms with Gasteiger partial charge in [-0.3, -0.25) is 4.98 Å². The zero-order chi connectivity index (χ0) is 49.5. The lowest BCUT2D eigenvalue weighted by Gasteiger charge is -2.20. The van der Waals surface area contributed by atoms with Gasteiger partial charge in [0, 0.05) is 27.1 Å². The molecule has 0 aliphatic rings. The molecule has 0 fully saturated rings. The Morgan fingerprint density at radius 1 is 0.306 bits per heavy atom. The lowest BCUT2D eigenvalue weighted by molar-refractivity contribution is 1.09. The first-order valence-corrected chi connectivity index (χ1v) is 24.9. The molecule has 0 saturated heterocycles. The van der Waals surface area contributed by atoms with Crippen LogP contribution in [0, 0.1) is 66.7 Å². The fraction of sp³-hybridized carbons (Fsp3) is 0.118. The molecule has 0 N–H and O–H groups in total. The topological polar surface area (TPSA) is 46.5 Å². The van der Waals surface area contributed by atoms with E-state index in [-0.39, 0.29) is 0 Å². The molecule has 0 bridgehead atoms. The number of nitrogens with zero attached hydrogens (tertiary/aromatic N) is 4. The van der Waals surface area contributed by atoms with Crippen molar-refractivity contribution in [3.05, 3.63) is 232 Å². The van der Waals surface area contributed by atoms with Crippen molar-refractivity contribution in [1.29, 1.82) is 5.26 Å². The van der Waals surface area contributed by atoms with Crippen molar-refractivity contribution < 1.29 is 0 Å². The van der Waals surface area contributed by atoms with Crippen molar-refractivity contribution in [3.63, 3.8) is 0 Å². The summed E-state index contributed by atoms with van der Waals surface area (Å²) in [5.41, 5.74) is 28.0. The van der Waals surface area contributed by atoms with E-state index in [1.807, 2.05) is 24.5 Å². The van der Waals surface area contributed by atoms with E-state index in [0.29, 0.717) is 5.56 Å². The van der Waals surface area contributed by atoms with Crippen LogP contribution in [0.1, 0.15) is 50.1 Å². The van der Waals surface area contributed by atoms with Crippen molar-refractivity contribution >= 4 is 43.6 Å². The number of benzene rings is 9. The molecule has 3 aromatic heterocycles. The first-order chi connectivity index (χ1) is 34.8. The first-order valence-electron chi connectivity index (χ1n) is 24.9. The highest BCUT2D eigenvalue weighted by Crippen LogP contribution is 2.45. The Labute approximate surface area is 421 Å². The van der Waals surface area contributed by atoms with Crippen molar-refractivity contribution in [2.75, 3.05) is 0 Å². The third-order valence-electron chi connectivity index (χ3n) is 14.4. The van der Waals surface area contributed by atoms with Crippen LogP contribution in [0.2, 0.25) is 0 Å². The fourth-order valence-electron chi connectivity index (χ4n) is 11.6. The normalized spacial score (nSPS) is 11.6. The van der Waals surface area contributed by atoms with Crippen LogP contribution in [0.4, 0.5) is 0 Å². The molecule has 0 aliphatic carbocycles. The molecule has 4 nitrogen and oxygen atoms in total. The highest BCUT2D eigenvalue weighted by Gasteiger charge is 2.24. The SMILES string of the molecule is Cc1cc(C)cc(-c2ccc3c4ccc(-c5cc(C)cc(C)c5)cc4n(-c4cncc(-n5c6cc(-c7cc(C)cc(C)c7)ccc6c6ccc(-c7cc(C)cc(C)c7)cc65)c4-c4ccc(C#N)cc4)c3c2)c1. The fourth-order valence-corrected chi connectivity index (χ4v) is 11.6. The molecule has 12 aromatic rings. The van der Waals surface area contributed by atoms with Crippen LogP contribution >= 0.6 is 0 Å². The summed E-state index contributed by atoms with van der Waals surface area (Å²) in [6.45, 7) is 17.4. The summed E-state index contributed by atoms with van der Waals surface area (Å²) >= 11 is 0. The third-order valence-corrected chi connectivity index (χ3v) is 14.4. The lowest BCUT2D eigenvalue weighted by atomic mass is 9.98. The van der Waals surface area contributed by atoms with Gasteiger partial charge in [0.2, 0.25) is 0 Å². The van der Waals surface area contributed by atoms with Gasteiger partial charge < -0.3 is 9.13 Å². The van der Waals surface area contributed by atoms with Gasteiger partial charge in [-0.15, -0.1) is 0 Å². The second kappa shape index (κ2) is 17.3. The molecular formula is C68H54N4. The number of fused-ring (bicyclic) bond motifs is 6. The Balaban J connectivity index is 1.22. The minimum Gasteiger partial charge on any atom is -0.307 e. The van der Waals surface area contributed by atoms with Crippen molar-refractivity contribution in [3.8, 4) is 73.1 Å². The van der Waals surface area contributed by atoms with Gasteiger partial charge in [-0.05, 0) is 142 Å². The highest BCUT2D eigenvalue weighted by molar-refractivity contribution is 6.14. The molecule has 0 amide bonds. The summed E-state index contributed by atoms with van der Waals surface area (Å²) in [6, 6.07) is 65.4. The summed E-state index contributed by atoms with van der Waals surface area (Å²) in [4.78, 5) is 5.26. The maximum absolute atomic E-state index is 10.1. The van der Waals surface area contributed by atoms with E-state index in [9.17, 15) is 5.26 Å². The summed E-state index contributed by atoms with van der Waals surface area (Å²) in [6.07, 6.45) is 4.08. The van der Waals surface area contributed by atoms with Crippen LogP contribution in [-0.2, 0) is 0 Å². The Hall–Kier alpha value is -8.78. The largest absolute Gasteiger partial charge is 0.307 e. The maximum Gasteiger partial charge on any atom is 0.0991 e. The summed E-state index contributed by atoms with van der Waals surface area (Å²) < 4.78 is 4.89. The van der Waals surface area contributed by atoms with Gasteiger partial charge in [0.25, 0.3) is 0 Å². The van der Waals surface area contributed by atoms with Gasteiger partial charge in [0.05, 0.1) is 57.5 Å². The van der Waals surface area contributed by atoms with Crippen molar-refractivity contribution in [1.82, 2.24) is 14.1 Å². The molecule has 0 unspecified atom stereocenters. The molecule has 0 atom stereocenters. The van der Waals surface area contributed by atoms with Gasteiger partial charge in [-0.2, -0.15) is 5.26 Å². The van der Waals surface area contributed by atoms with E-state index >= 15 is 0 Å². The predicted octanol–water partition coefficient (Wildman–Crippen LogP) is 17.9. The van der Waals surface area contributed by atoms with Gasteiger partial charge in [-0.1, -0.05) is 178 Å². The molecule has 0 aliphatic heterocycles. The van der Waals surface area contributed by atoms with Gasteiger partial charge >= 0.3 is 0 Å². The van der Waals surface area contributed by atoms with E-state index in [2.05, 4.69) is 228 Å². The molecule has 346 valence electrons. The van der Waals surface area contributed by atoms with E-state index in [0.717, 1.165) is 88.4 Å². The third kappa shape index (κ3) is 7.75. The number of rotatable bonds is 7. The van der Waals surface area contributed by atoms with E-state index in [4.69, 9.17) is 4.98 Å². The van der Waals surface area contributed by atoms with E-state index in [1.54, 1.807) is 0 Å². The average molecular weight is 927 g/mol. The molecule has 0 radical (unpaired) electrons. The number of nitriles is 1. The Morgan fingerprint density at radius 3 is 0.833 bits per heavy atom. The zero-order valence-corrected chi connectivity index (χ0v) is 42.1. The van der Waals surface area contributed by atoms with Crippen LogP contribution in [-0.4, -0.2) is 14.1 Å². The maximum atomic E-state index is 10.1. The monoisotopic (exact) mass is 926 g/mol. The number of aromatic nitrogens is 3. The van der Waals surface area contributed by atoms with Gasteiger partial charge in [0.1, 0.15) is 0 Å². The molecule has 72 heavy (non-hydrogen) atoms. The summed E-state index contributed by atoms with van der Waals surface area (Å²) in [5.74, 6) is 0. The van der Waals surface area contributed by atoms with Crippen LogP contribution in [0.5, 0.6) is 0 Å². The number of aryl methyl sites for hydroxylation is 8. The predicted molar refractivity (Wildman–Crippen MR) is 303 cm³/mol. The Kier molecular flexibility index (Phi) is 10.7. The van der Waals surface area contributed by atoms with Crippen LogP contribution in [0.3, 0.4) is 0 Å². The van der Waals surface area contributed by atoms with Gasteiger partial charge in [-0.25, -0.2) is 0 Å². The second-order valence-electron chi connectivity index (χ2n) is 20.3. The van der Waals surface area contributed by atoms with Crippen molar-refractivity contribution in [2.24, 2.45) is 0 Å². The second-order valence-corrected chi connectivity index (χ2v) is 20.3. The molecule has 12 rings (SSSR count). The van der Waals surface area contributed by atoms with Crippen LogP contribution in [0.25, 0.3) is 111 Å². The standard InChI is InChI=1S/C68H54N4/c1-40-21-41(2)26-54(25-40)50-13-17-58-59-18-14-51(55-27-42(3)22-43(4)28-55)34-63(59)71(62(58)33-50)66-38-70-39-67(68(66)49-11-9-48(37-69)10-12-49)72-64-35-52(56-29-44(5)23-45(6)30-56)15-19-60(64)61-20-16-53(36-65(61)72)57-31-46(7)24-47(8)32-57/h9-36,38-39H,1-8H3. The molecule has 4 heteroatoms. The zero-order valence-electron chi connectivity index (χ0n) is 42.1. The Morgan fingerprint density at radius 2 is 0.569 bits per heavy atom. The number of hydrogen-bond acceptors (Lipinski definition) is 2. The smallest absolute Gasteiger partial charge is 0.0991 e. The quantitative estimate of drug-likeness (QED) is 0.160. The molecule has 0 saturated carbocycles. The number of hydrogen-bond donors (Lipinski definition) is 0. The van der Waals surface area contributed by atoms with E-state index in [1.165, 1.54) is 66.8 Å². The minimum absolute atomic E-state index is 0.608. The summed E-state index contributed by atoms with van der Waals surface area (Å²) in [7, 11) is 0. The Bertz CT molecular complexity index is 3700. The molecule has 9 aromatic carbocycles. The summed E-state index contributed by atoms with van der Waals surface area (Å²) in [5, 5.41) is 14.8. The van der Waals surface area contributed by atoms with Crippen molar-refractivity contribution in [2.45, 2.75) is 55.4 Å². The van der Waals surface area contributed by atoms with Gasteiger partial charge in [0.15, 0.2) is 0 Å². The molecule has 0 spiro atoms.